The van der Waals surface area contributed by atoms with Crippen LogP contribution in [0.1, 0.15) is 11.1 Å². The van der Waals surface area contributed by atoms with Crippen molar-refractivity contribution in [2.75, 3.05) is 17.6 Å². The molecule has 0 aliphatic heterocycles. The van der Waals surface area contributed by atoms with E-state index in [0.717, 1.165) is 11.1 Å². The van der Waals surface area contributed by atoms with Gasteiger partial charge in [0, 0.05) is 5.69 Å². The molecule has 3 N–H and O–H groups in total. The number of rotatable bonds is 4. The Morgan fingerprint density at radius 2 is 1.76 bits per heavy atom. The lowest BCUT2D eigenvalue weighted by atomic mass is 10.2. The first kappa shape index (κ1) is 15.2. The van der Waals surface area contributed by atoms with Crippen LogP contribution < -0.4 is 15.2 Å². The summed E-state index contributed by atoms with van der Waals surface area (Å²) in [5.41, 5.74) is 8.42. The van der Waals surface area contributed by atoms with Crippen molar-refractivity contribution >= 4 is 21.4 Å². The third kappa shape index (κ3) is 3.28. The molecule has 0 fully saturated rings. The van der Waals surface area contributed by atoms with Crippen molar-refractivity contribution in [2.24, 2.45) is 0 Å². The number of anilines is 2. The van der Waals surface area contributed by atoms with E-state index in [1.807, 2.05) is 6.92 Å². The van der Waals surface area contributed by atoms with Crippen molar-refractivity contribution in [2.45, 2.75) is 18.7 Å². The second-order valence-corrected chi connectivity index (χ2v) is 6.49. The normalized spacial score (nSPS) is 11.2. The van der Waals surface area contributed by atoms with Gasteiger partial charge >= 0.3 is 0 Å². The predicted octanol–water partition coefficient (Wildman–Crippen LogP) is 2.70. The maximum Gasteiger partial charge on any atom is 0.261 e. The summed E-state index contributed by atoms with van der Waals surface area (Å²) < 4.78 is 32.4. The number of benzene rings is 2. The Labute approximate surface area is 124 Å². The van der Waals surface area contributed by atoms with Crippen LogP contribution in [0.5, 0.6) is 5.75 Å². The fourth-order valence-corrected chi connectivity index (χ4v) is 3.07. The van der Waals surface area contributed by atoms with Crippen molar-refractivity contribution < 1.29 is 13.2 Å². The van der Waals surface area contributed by atoms with E-state index in [2.05, 4.69) is 4.72 Å². The highest BCUT2D eigenvalue weighted by atomic mass is 32.2. The van der Waals surface area contributed by atoms with Crippen molar-refractivity contribution in [3.8, 4) is 5.75 Å². The minimum absolute atomic E-state index is 0.181. The van der Waals surface area contributed by atoms with E-state index in [1.165, 1.54) is 6.07 Å². The number of aryl methyl sites for hydroxylation is 2. The van der Waals surface area contributed by atoms with E-state index < -0.39 is 10.0 Å². The minimum atomic E-state index is -3.65. The average molecular weight is 306 g/mol. The molecule has 0 aliphatic carbocycles. The number of methoxy groups -OCH3 is 1. The highest BCUT2D eigenvalue weighted by molar-refractivity contribution is 7.92. The van der Waals surface area contributed by atoms with Crippen molar-refractivity contribution in [1.82, 2.24) is 0 Å². The molecule has 0 saturated carbocycles. The SMILES string of the molecule is COc1ccc(S(=O)(=O)Nc2ccc(C)c(N)c2)cc1C. The van der Waals surface area contributed by atoms with Crippen LogP contribution in [0.2, 0.25) is 0 Å². The van der Waals surface area contributed by atoms with E-state index >= 15 is 0 Å². The predicted molar refractivity (Wildman–Crippen MR) is 84.1 cm³/mol. The smallest absolute Gasteiger partial charge is 0.261 e. The summed E-state index contributed by atoms with van der Waals surface area (Å²) in [6.45, 7) is 3.65. The number of ether oxygens (including phenoxy) is 1. The second kappa shape index (κ2) is 5.65. The third-order valence-electron chi connectivity index (χ3n) is 3.21. The van der Waals surface area contributed by atoms with Gasteiger partial charge in [-0.2, -0.15) is 0 Å². The number of sulfonamides is 1. The van der Waals surface area contributed by atoms with Gasteiger partial charge in [-0.15, -0.1) is 0 Å². The van der Waals surface area contributed by atoms with Gasteiger partial charge in [-0.1, -0.05) is 6.07 Å². The highest BCUT2D eigenvalue weighted by Gasteiger charge is 2.15. The number of nitrogens with two attached hydrogens (primary N) is 1. The van der Waals surface area contributed by atoms with E-state index in [9.17, 15) is 8.42 Å². The lowest BCUT2D eigenvalue weighted by Crippen LogP contribution is -2.13. The molecule has 2 rings (SSSR count). The maximum absolute atomic E-state index is 12.4. The first-order valence-electron chi connectivity index (χ1n) is 6.37. The van der Waals surface area contributed by atoms with Gasteiger partial charge in [-0.25, -0.2) is 8.42 Å². The zero-order valence-corrected chi connectivity index (χ0v) is 13.0. The van der Waals surface area contributed by atoms with Crippen LogP contribution in [0, 0.1) is 13.8 Å². The molecule has 0 heterocycles. The second-order valence-electron chi connectivity index (χ2n) is 4.81. The van der Waals surface area contributed by atoms with E-state index in [0.29, 0.717) is 17.1 Å². The number of hydrogen-bond donors (Lipinski definition) is 2. The van der Waals surface area contributed by atoms with Crippen LogP contribution in [0.25, 0.3) is 0 Å². The molecule has 0 aliphatic rings. The summed E-state index contributed by atoms with van der Waals surface area (Å²) in [4.78, 5) is 0.181. The van der Waals surface area contributed by atoms with Gasteiger partial charge in [0.25, 0.3) is 10.0 Å². The van der Waals surface area contributed by atoms with Crippen molar-refractivity contribution in [3.05, 3.63) is 47.5 Å². The van der Waals surface area contributed by atoms with Crippen LogP contribution >= 0.6 is 0 Å². The molecule has 0 aromatic heterocycles. The van der Waals surface area contributed by atoms with Gasteiger partial charge in [-0.3, -0.25) is 4.72 Å². The Bertz CT molecular complexity index is 770. The zero-order chi connectivity index (χ0) is 15.6. The molecule has 0 radical (unpaired) electrons. The van der Waals surface area contributed by atoms with Crippen molar-refractivity contribution in [1.29, 1.82) is 0 Å². The maximum atomic E-state index is 12.4. The van der Waals surface area contributed by atoms with Gasteiger partial charge in [0.2, 0.25) is 0 Å². The first-order valence-corrected chi connectivity index (χ1v) is 7.85. The molecular weight excluding hydrogens is 288 g/mol. The Hall–Kier alpha value is -2.21. The van der Waals surface area contributed by atoms with Crippen LogP contribution in [-0.4, -0.2) is 15.5 Å². The molecule has 2 aromatic carbocycles. The standard InChI is InChI=1S/C15H18N2O3S/c1-10-4-5-12(9-14(10)16)17-21(18,19)13-6-7-15(20-3)11(2)8-13/h4-9,17H,16H2,1-3H3. The molecule has 0 spiro atoms. The minimum Gasteiger partial charge on any atom is -0.496 e. The Balaban J connectivity index is 2.33. The van der Waals surface area contributed by atoms with Crippen LogP contribution in [0.15, 0.2) is 41.3 Å². The van der Waals surface area contributed by atoms with E-state index in [4.69, 9.17) is 10.5 Å². The van der Waals surface area contributed by atoms with Crippen molar-refractivity contribution in [3.63, 3.8) is 0 Å². The number of nitrogens with one attached hydrogen (secondary N) is 1. The Morgan fingerprint density at radius 3 is 2.33 bits per heavy atom. The summed E-state index contributed by atoms with van der Waals surface area (Å²) in [6.07, 6.45) is 0. The zero-order valence-electron chi connectivity index (χ0n) is 12.2. The molecule has 0 unspecified atom stereocenters. The lowest BCUT2D eigenvalue weighted by molar-refractivity contribution is 0.411. The summed E-state index contributed by atoms with van der Waals surface area (Å²) in [7, 11) is -2.11. The van der Waals surface area contributed by atoms with Crippen LogP contribution in [-0.2, 0) is 10.0 Å². The molecular formula is C15H18N2O3S. The van der Waals surface area contributed by atoms with Gasteiger partial charge in [0.05, 0.1) is 17.7 Å². The number of nitrogen functional groups attached to an aromatic ring is 1. The Kier molecular flexibility index (Phi) is 4.09. The van der Waals surface area contributed by atoms with Gasteiger partial charge in [-0.05, 0) is 55.3 Å². The monoisotopic (exact) mass is 306 g/mol. The first-order chi connectivity index (χ1) is 9.83. The quantitative estimate of drug-likeness (QED) is 0.851. The number of hydrogen-bond acceptors (Lipinski definition) is 4. The lowest BCUT2D eigenvalue weighted by Gasteiger charge is -2.11. The summed E-state index contributed by atoms with van der Waals surface area (Å²) in [5.74, 6) is 0.647. The van der Waals surface area contributed by atoms with E-state index in [-0.39, 0.29) is 4.90 Å². The van der Waals surface area contributed by atoms with E-state index in [1.54, 1.807) is 44.4 Å². The van der Waals surface area contributed by atoms with Gasteiger partial charge in [0.1, 0.15) is 5.75 Å². The molecule has 21 heavy (non-hydrogen) atoms. The fraction of sp³-hybridized carbons (Fsp3) is 0.200. The fourth-order valence-electron chi connectivity index (χ4n) is 1.94. The molecule has 5 nitrogen and oxygen atoms in total. The summed E-state index contributed by atoms with van der Waals surface area (Å²) in [5, 5.41) is 0. The summed E-state index contributed by atoms with van der Waals surface area (Å²) in [6, 6.07) is 9.76. The molecule has 0 atom stereocenters. The highest BCUT2D eigenvalue weighted by Crippen LogP contribution is 2.24. The van der Waals surface area contributed by atoms with Gasteiger partial charge in [0.15, 0.2) is 0 Å². The molecule has 0 amide bonds. The third-order valence-corrected chi connectivity index (χ3v) is 4.59. The van der Waals surface area contributed by atoms with Crippen LogP contribution in [0.4, 0.5) is 11.4 Å². The average Bonchev–Trinajstić information content (AvgIpc) is 2.42. The Morgan fingerprint density at radius 1 is 1.05 bits per heavy atom. The molecule has 6 heteroatoms. The largest absolute Gasteiger partial charge is 0.496 e. The molecule has 0 bridgehead atoms. The topological polar surface area (TPSA) is 81.4 Å². The molecule has 0 saturated heterocycles. The van der Waals surface area contributed by atoms with Crippen LogP contribution in [0.3, 0.4) is 0 Å². The molecule has 2 aromatic rings. The van der Waals surface area contributed by atoms with Gasteiger partial charge < -0.3 is 10.5 Å². The molecule has 112 valence electrons. The summed E-state index contributed by atoms with van der Waals surface area (Å²) >= 11 is 0.